The average molecular weight is 335 g/mol. The first-order chi connectivity index (χ1) is 11.0. The molecule has 0 aliphatic rings. The summed E-state index contributed by atoms with van der Waals surface area (Å²) in [5.74, 6) is 0. The van der Waals surface area contributed by atoms with Crippen LogP contribution in [-0.2, 0) is 6.42 Å². The van der Waals surface area contributed by atoms with Gasteiger partial charge in [-0.25, -0.2) is 4.63 Å². The number of nitrogens with zero attached hydrogens (tertiary/aromatic N) is 4. The Morgan fingerprint density at radius 1 is 1.09 bits per heavy atom. The second-order valence-electron chi connectivity index (χ2n) is 4.68. The fraction of sp³-hybridized carbons (Fsp3) is 0.0769. The molecule has 23 heavy (non-hydrogen) atoms. The van der Waals surface area contributed by atoms with E-state index in [4.69, 9.17) is 11.6 Å². The van der Waals surface area contributed by atoms with Crippen LogP contribution in [0.4, 0.5) is 11.4 Å². The molecule has 3 rings (SSSR count). The number of rotatable bonds is 4. The summed E-state index contributed by atoms with van der Waals surface area (Å²) in [5.41, 5.74) is 0.672. The van der Waals surface area contributed by atoms with Gasteiger partial charge in [0.1, 0.15) is 10.5 Å². The SMILES string of the molecule is O=[N+]([O-])c1cc(Cc2ccc3nonc3c2[N+](=O)[O-])ccc1Cl. The number of hydrogen-bond acceptors (Lipinski definition) is 7. The van der Waals surface area contributed by atoms with Crippen molar-refractivity contribution in [2.75, 3.05) is 0 Å². The summed E-state index contributed by atoms with van der Waals surface area (Å²) in [7, 11) is 0. The summed E-state index contributed by atoms with van der Waals surface area (Å²) in [6, 6.07) is 7.31. The van der Waals surface area contributed by atoms with Crippen LogP contribution < -0.4 is 0 Å². The van der Waals surface area contributed by atoms with Gasteiger partial charge in [0.05, 0.1) is 9.85 Å². The number of benzene rings is 2. The Morgan fingerprint density at radius 2 is 1.87 bits per heavy atom. The third-order valence-electron chi connectivity index (χ3n) is 3.27. The predicted molar refractivity (Wildman–Crippen MR) is 79.4 cm³/mol. The fourth-order valence-corrected chi connectivity index (χ4v) is 2.44. The van der Waals surface area contributed by atoms with Gasteiger partial charge < -0.3 is 0 Å². The molecular formula is C13H7ClN4O5. The van der Waals surface area contributed by atoms with Gasteiger partial charge in [-0.1, -0.05) is 17.7 Å². The second kappa shape index (κ2) is 5.61. The van der Waals surface area contributed by atoms with E-state index < -0.39 is 9.85 Å². The van der Waals surface area contributed by atoms with Crippen LogP contribution in [0, 0.1) is 20.2 Å². The zero-order valence-electron chi connectivity index (χ0n) is 11.3. The third kappa shape index (κ3) is 2.69. The van der Waals surface area contributed by atoms with E-state index in [0.717, 1.165) is 0 Å². The highest BCUT2D eigenvalue weighted by atomic mass is 35.5. The molecule has 0 amide bonds. The van der Waals surface area contributed by atoms with Gasteiger partial charge in [0.2, 0.25) is 5.52 Å². The molecule has 9 nitrogen and oxygen atoms in total. The van der Waals surface area contributed by atoms with Crippen molar-refractivity contribution in [3.8, 4) is 0 Å². The van der Waals surface area contributed by atoms with Gasteiger partial charge in [0, 0.05) is 18.1 Å². The molecule has 0 fully saturated rings. The van der Waals surface area contributed by atoms with Crippen molar-refractivity contribution >= 4 is 34.0 Å². The van der Waals surface area contributed by atoms with Crippen LogP contribution in [0.5, 0.6) is 0 Å². The molecule has 0 aliphatic carbocycles. The average Bonchev–Trinajstić information content (AvgIpc) is 2.96. The number of aromatic nitrogens is 2. The van der Waals surface area contributed by atoms with Gasteiger partial charge in [0.25, 0.3) is 5.69 Å². The van der Waals surface area contributed by atoms with Crippen molar-refractivity contribution in [1.82, 2.24) is 10.3 Å². The van der Waals surface area contributed by atoms with Gasteiger partial charge in [0.15, 0.2) is 0 Å². The van der Waals surface area contributed by atoms with E-state index in [-0.39, 0.29) is 33.9 Å². The van der Waals surface area contributed by atoms with Gasteiger partial charge >= 0.3 is 5.69 Å². The summed E-state index contributed by atoms with van der Waals surface area (Å²) < 4.78 is 4.52. The Hall–Kier alpha value is -3.07. The van der Waals surface area contributed by atoms with Crippen molar-refractivity contribution < 1.29 is 14.5 Å². The Morgan fingerprint density at radius 3 is 2.57 bits per heavy atom. The van der Waals surface area contributed by atoms with Crippen LogP contribution in [0.3, 0.4) is 0 Å². The standard InChI is InChI=1S/C13H7ClN4O5/c14-9-3-1-7(6-11(9)17(19)20)5-8-2-4-10-12(16-23-15-10)13(8)18(21)22/h1-4,6H,5H2. The van der Waals surface area contributed by atoms with Crippen molar-refractivity contribution in [3.05, 3.63) is 66.7 Å². The predicted octanol–water partition coefficient (Wildman–Crippen LogP) is 3.28. The monoisotopic (exact) mass is 334 g/mol. The first-order valence-electron chi connectivity index (χ1n) is 6.28. The molecule has 0 N–H and O–H groups in total. The highest BCUT2D eigenvalue weighted by molar-refractivity contribution is 6.32. The zero-order chi connectivity index (χ0) is 16.6. The topological polar surface area (TPSA) is 125 Å². The van der Waals surface area contributed by atoms with Crippen LogP contribution in [0.1, 0.15) is 11.1 Å². The molecule has 0 bridgehead atoms. The van der Waals surface area contributed by atoms with Crippen LogP contribution in [0.2, 0.25) is 5.02 Å². The molecule has 0 aliphatic heterocycles. The van der Waals surface area contributed by atoms with E-state index in [0.29, 0.717) is 11.1 Å². The number of nitro groups is 2. The van der Waals surface area contributed by atoms with Gasteiger partial charge in [-0.2, -0.15) is 0 Å². The Bertz CT molecular complexity index is 939. The van der Waals surface area contributed by atoms with Crippen LogP contribution in [0.25, 0.3) is 11.0 Å². The minimum atomic E-state index is -0.606. The number of nitro benzene ring substituents is 2. The van der Waals surface area contributed by atoms with E-state index in [2.05, 4.69) is 14.9 Å². The molecule has 10 heteroatoms. The molecule has 1 heterocycles. The van der Waals surface area contributed by atoms with E-state index >= 15 is 0 Å². The molecule has 2 aromatic carbocycles. The normalized spacial score (nSPS) is 10.8. The smallest absolute Gasteiger partial charge is 0.258 e. The van der Waals surface area contributed by atoms with Crippen LogP contribution >= 0.6 is 11.6 Å². The Balaban J connectivity index is 2.08. The summed E-state index contributed by atoms with van der Waals surface area (Å²) in [6.45, 7) is 0. The maximum absolute atomic E-state index is 11.3. The van der Waals surface area contributed by atoms with Crippen LogP contribution in [-0.4, -0.2) is 20.2 Å². The lowest BCUT2D eigenvalue weighted by molar-refractivity contribution is -0.384. The number of halogens is 1. The molecule has 0 unspecified atom stereocenters. The molecule has 0 saturated carbocycles. The van der Waals surface area contributed by atoms with Crippen molar-refractivity contribution in [1.29, 1.82) is 0 Å². The minimum Gasteiger partial charge on any atom is -0.258 e. The van der Waals surface area contributed by atoms with Crippen molar-refractivity contribution in [2.24, 2.45) is 0 Å². The summed E-state index contributed by atoms with van der Waals surface area (Å²) >= 11 is 5.76. The molecule has 0 saturated heterocycles. The van der Waals surface area contributed by atoms with Gasteiger partial charge in [-0.3, -0.25) is 20.2 Å². The number of fused-ring (bicyclic) bond motifs is 1. The molecule has 0 atom stereocenters. The fourth-order valence-electron chi connectivity index (χ4n) is 2.25. The van der Waals surface area contributed by atoms with Crippen molar-refractivity contribution in [2.45, 2.75) is 6.42 Å². The molecule has 0 spiro atoms. The molecule has 1 aromatic heterocycles. The highest BCUT2D eigenvalue weighted by Crippen LogP contribution is 2.31. The Labute approximate surface area is 132 Å². The molecule has 116 valence electrons. The Kier molecular flexibility index (Phi) is 3.62. The van der Waals surface area contributed by atoms with E-state index in [1.165, 1.54) is 18.2 Å². The first kappa shape index (κ1) is 14.9. The second-order valence-corrected chi connectivity index (χ2v) is 5.09. The molecule has 0 radical (unpaired) electrons. The lowest BCUT2D eigenvalue weighted by atomic mass is 10.0. The first-order valence-corrected chi connectivity index (χ1v) is 6.66. The summed E-state index contributed by atoms with van der Waals surface area (Å²) in [6.07, 6.45) is 0.108. The van der Waals surface area contributed by atoms with Crippen molar-refractivity contribution in [3.63, 3.8) is 0 Å². The molecular weight excluding hydrogens is 328 g/mol. The molecule has 3 aromatic rings. The van der Waals surface area contributed by atoms with Crippen LogP contribution in [0.15, 0.2) is 35.0 Å². The van der Waals surface area contributed by atoms with Gasteiger partial charge in [-0.15, -0.1) is 0 Å². The quantitative estimate of drug-likeness (QED) is 0.529. The number of hydrogen-bond donors (Lipinski definition) is 0. The summed E-state index contributed by atoms with van der Waals surface area (Å²) in [4.78, 5) is 21.1. The zero-order valence-corrected chi connectivity index (χ0v) is 12.1. The van der Waals surface area contributed by atoms with E-state index in [9.17, 15) is 20.2 Å². The maximum Gasteiger partial charge on any atom is 0.304 e. The lowest BCUT2D eigenvalue weighted by Crippen LogP contribution is -1.99. The lowest BCUT2D eigenvalue weighted by Gasteiger charge is -2.04. The largest absolute Gasteiger partial charge is 0.304 e. The summed E-state index contributed by atoms with van der Waals surface area (Å²) in [5, 5.41) is 29.4. The van der Waals surface area contributed by atoms with E-state index in [1.54, 1.807) is 12.1 Å². The van der Waals surface area contributed by atoms with E-state index in [1.807, 2.05) is 0 Å². The highest BCUT2D eigenvalue weighted by Gasteiger charge is 2.23. The third-order valence-corrected chi connectivity index (χ3v) is 3.59. The maximum atomic E-state index is 11.3. The van der Waals surface area contributed by atoms with Gasteiger partial charge in [-0.05, 0) is 34.1 Å². The minimum absolute atomic E-state index is 0.00408.